The average molecular weight is 546 g/mol. The Morgan fingerprint density at radius 2 is 1.76 bits per heavy atom. The number of carbonyl (C=O) groups is 2. The number of nitrogens with two attached hydrogens (primary N) is 1. The summed E-state index contributed by atoms with van der Waals surface area (Å²) < 4.78 is 27.9. The molecule has 1 saturated heterocycles. The van der Waals surface area contributed by atoms with Crippen molar-refractivity contribution < 1.29 is 22.8 Å². The predicted octanol–water partition coefficient (Wildman–Crippen LogP) is 3.64. The molecule has 4 N–H and O–H groups in total. The van der Waals surface area contributed by atoms with E-state index in [1.165, 1.54) is 34.1 Å². The number of hydrogen-bond acceptors (Lipinski definition) is 7. The Morgan fingerprint density at radius 1 is 1.08 bits per heavy atom. The van der Waals surface area contributed by atoms with Crippen LogP contribution in [0, 0.1) is 0 Å². The number of benzene rings is 2. The average Bonchev–Trinajstić information content (AvgIpc) is 2.93. The normalized spacial score (nSPS) is 14.6. The van der Waals surface area contributed by atoms with Crippen molar-refractivity contribution in [2.24, 2.45) is 5.73 Å². The first-order valence-corrected chi connectivity index (χ1v) is 14.7. The van der Waals surface area contributed by atoms with Gasteiger partial charge < -0.3 is 21.2 Å². The van der Waals surface area contributed by atoms with Crippen molar-refractivity contribution in [3.05, 3.63) is 54.1 Å². The van der Waals surface area contributed by atoms with Gasteiger partial charge in [-0.05, 0) is 74.2 Å². The van der Waals surface area contributed by atoms with Crippen LogP contribution in [0.3, 0.4) is 0 Å². The molecule has 11 heteroatoms. The number of nitrogens with zero attached hydrogens (tertiary/aromatic N) is 2. The topological polar surface area (TPSA) is 134 Å². The number of amides is 2. The minimum absolute atomic E-state index is 0.120. The van der Waals surface area contributed by atoms with Gasteiger partial charge in [0.05, 0.1) is 10.6 Å². The summed E-state index contributed by atoms with van der Waals surface area (Å²) in [7, 11) is -3.70. The Hall–Kier alpha value is -3.15. The van der Waals surface area contributed by atoms with Crippen molar-refractivity contribution in [1.82, 2.24) is 9.62 Å². The van der Waals surface area contributed by atoms with Gasteiger partial charge in [0.1, 0.15) is 0 Å². The van der Waals surface area contributed by atoms with Crippen molar-refractivity contribution in [2.45, 2.75) is 62.8 Å². The molecule has 1 aliphatic heterocycles. The second-order valence-corrected chi connectivity index (χ2v) is 11.3. The Morgan fingerprint density at radius 3 is 2.37 bits per heavy atom. The Bertz CT molecular complexity index is 1120. The minimum Gasteiger partial charge on any atom is -0.382 e. The molecule has 0 spiro atoms. The van der Waals surface area contributed by atoms with Gasteiger partial charge in [0.25, 0.3) is 0 Å². The second-order valence-electron chi connectivity index (χ2n) is 9.34. The third-order valence-corrected chi connectivity index (χ3v) is 8.47. The molecule has 0 atom stereocenters. The number of sulfonamides is 1. The van der Waals surface area contributed by atoms with Gasteiger partial charge in [-0.25, -0.2) is 13.2 Å². The zero-order valence-electron chi connectivity index (χ0n) is 22.0. The molecule has 0 aliphatic carbocycles. The van der Waals surface area contributed by atoms with Crippen LogP contribution < -0.4 is 21.4 Å². The molecule has 1 aliphatic rings. The number of hydroxylamine groups is 1. The van der Waals surface area contributed by atoms with Crippen molar-refractivity contribution in [3.63, 3.8) is 0 Å². The van der Waals surface area contributed by atoms with E-state index >= 15 is 0 Å². The molecule has 2 aromatic carbocycles. The van der Waals surface area contributed by atoms with Crippen LogP contribution in [0.15, 0.2) is 53.4 Å². The number of piperidine rings is 1. The largest absolute Gasteiger partial charge is 0.382 e. The molecule has 0 radical (unpaired) electrons. The van der Waals surface area contributed by atoms with Crippen LogP contribution in [0.1, 0.15) is 51.0 Å². The minimum atomic E-state index is -3.70. The summed E-state index contributed by atoms with van der Waals surface area (Å²) in [5, 5.41) is 7.03. The highest BCUT2D eigenvalue weighted by Crippen LogP contribution is 2.25. The number of rotatable bonds is 14. The Balaban J connectivity index is 1.56. The van der Waals surface area contributed by atoms with E-state index in [9.17, 15) is 18.0 Å². The number of hydrogen-bond donors (Lipinski definition) is 3. The smallest absolute Gasteiger partial charge is 0.355 e. The zero-order valence-corrected chi connectivity index (χ0v) is 22.8. The van der Waals surface area contributed by atoms with E-state index in [1.807, 2.05) is 12.1 Å². The fourth-order valence-electron chi connectivity index (χ4n) is 4.40. The third-order valence-electron chi connectivity index (χ3n) is 6.56. The van der Waals surface area contributed by atoms with E-state index < -0.39 is 16.1 Å². The van der Waals surface area contributed by atoms with Gasteiger partial charge >= 0.3 is 12.5 Å². The summed E-state index contributed by atoms with van der Waals surface area (Å²) in [6, 6.07) is 13.5. The Labute approximate surface area is 225 Å². The van der Waals surface area contributed by atoms with Crippen LogP contribution in [0.5, 0.6) is 0 Å². The third kappa shape index (κ3) is 8.17. The lowest BCUT2D eigenvalue weighted by Gasteiger charge is -2.32. The summed E-state index contributed by atoms with van der Waals surface area (Å²) in [6.07, 6.45) is 6.18. The van der Waals surface area contributed by atoms with Crippen LogP contribution in [0.2, 0.25) is 0 Å². The SMILES string of the molecule is CCCCCCNC(=O)N(OC=O)c1ccc(S(=O)(=O)N2CCC(Nc3ccc(CCN)cc3)CC2)cc1. The van der Waals surface area contributed by atoms with E-state index in [0.717, 1.165) is 42.9 Å². The molecule has 2 aromatic rings. The lowest BCUT2D eigenvalue weighted by molar-refractivity contribution is -0.128. The molecule has 10 nitrogen and oxygen atoms in total. The van der Waals surface area contributed by atoms with E-state index in [0.29, 0.717) is 39.0 Å². The van der Waals surface area contributed by atoms with Gasteiger partial charge in [0, 0.05) is 31.4 Å². The maximum atomic E-state index is 13.2. The molecular weight excluding hydrogens is 506 g/mol. The first kappa shape index (κ1) is 29.4. The fourth-order valence-corrected chi connectivity index (χ4v) is 5.87. The Kier molecular flexibility index (Phi) is 11.4. The second kappa shape index (κ2) is 14.7. The van der Waals surface area contributed by atoms with Gasteiger partial charge in [-0.2, -0.15) is 4.31 Å². The lowest BCUT2D eigenvalue weighted by Crippen LogP contribution is -2.42. The van der Waals surface area contributed by atoms with Crippen molar-refractivity contribution in [1.29, 1.82) is 0 Å². The molecule has 38 heavy (non-hydrogen) atoms. The molecule has 3 rings (SSSR count). The van der Waals surface area contributed by atoms with Crippen LogP contribution in [-0.4, -0.2) is 57.4 Å². The van der Waals surface area contributed by atoms with Crippen LogP contribution in [0.25, 0.3) is 0 Å². The molecule has 2 amide bonds. The van der Waals surface area contributed by atoms with Crippen molar-refractivity contribution in [2.75, 3.05) is 36.6 Å². The highest BCUT2D eigenvalue weighted by atomic mass is 32.2. The highest BCUT2D eigenvalue weighted by molar-refractivity contribution is 7.89. The summed E-state index contributed by atoms with van der Waals surface area (Å²) >= 11 is 0. The van der Waals surface area contributed by atoms with Gasteiger partial charge in [0.2, 0.25) is 10.0 Å². The summed E-state index contributed by atoms with van der Waals surface area (Å²) in [6.45, 7) is 4.12. The maximum absolute atomic E-state index is 13.2. The number of unbranched alkanes of at least 4 members (excludes halogenated alkanes) is 3. The van der Waals surface area contributed by atoms with E-state index in [1.54, 1.807) is 0 Å². The molecule has 0 aromatic heterocycles. The predicted molar refractivity (Wildman–Crippen MR) is 148 cm³/mol. The number of anilines is 2. The summed E-state index contributed by atoms with van der Waals surface area (Å²) in [5.41, 5.74) is 8.06. The molecule has 208 valence electrons. The zero-order chi connectivity index (χ0) is 27.4. The lowest BCUT2D eigenvalue weighted by atomic mass is 10.1. The number of urea groups is 1. The number of carbonyl (C=O) groups excluding carboxylic acids is 2. The van der Waals surface area contributed by atoms with Crippen LogP contribution in [0.4, 0.5) is 16.2 Å². The van der Waals surface area contributed by atoms with Gasteiger partial charge in [-0.1, -0.05) is 38.3 Å². The molecule has 0 unspecified atom stereocenters. The molecular formula is C27H39N5O5S. The standard InChI is InChI=1S/C27H39N5O5S/c1-2-3-4-5-18-29-27(34)32(37-21-33)25-10-12-26(13-11-25)38(35,36)31-19-15-24(16-20-31)30-23-8-6-22(7-9-23)14-17-28/h6-13,21,24,30H,2-5,14-20,28H2,1H3,(H,29,34). The van der Waals surface area contributed by atoms with E-state index in [4.69, 9.17) is 10.6 Å². The summed E-state index contributed by atoms with van der Waals surface area (Å²) in [5.74, 6) is 0. The van der Waals surface area contributed by atoms with Gasteiger partial charge in [-0.15, -0.1) is 5.06 Å². The number of nitrogens with one attached hydrogen (secondary N) is 2. The van der Waals surface area contributed by atoms with Gasteiger partial charge in [-0.3, -0.25) is 4.79 Å². The van der Waals surface area contributed by atoms with Crippen LogP contribution >= 0.6 is 0 Å². The highest BCUT2D eigenvalue weighted by Gasteiger charge is 2.30. The monoisotopic (exact) mass is 545 g/mol. The summed E-state index contributed by atoms with van der Waals surface area (Å²) in [4.78, 5) is 28.4. The first-order valence-electron chi connectivity index (χ1n) is 13.2. The molecule has 0 saturated carbocycles. The quantitative estimate of drug-likeness (QED) is 0.187. The van der Waals surface area contributed by atoms with E-state index in [-0.39, 0.29) is 23.1 Å². The first-order chi connectivity index (χ1) is 18.4. The van der Waals surface area contributed by atoms with E-state index in [2.05, 4.69) is 29.7 Å². The van der Waals surface area contributed by atoms with Crippen LogP contribution in [-0.2, 0) is 26.1 Å². The molecule has 1 heterocycles. The molecule has 1 fully saturated rings. The van der Waals surface area contributed by atoms with Gasteiger partial charge in [0.15, 0.2) is 0 Å². The maximum Gasteiger partial charge on any atom is 0.355 e. The van der Waals surface area contributed by atoms with Crippen molar-refractivity contribution >= 4 is 33.9 Å². The fraction of sp³-hybridized carbons (Fsp3) is 0.481. The molecule has 0 bridgehead atoms. The van der Waals surface area contributed by atoms with Crippen molar-refractivity contribution in [3.8, 4) is 0 Å².